The van der Waals surface area contributed by atoms with Crippen LogP contribution in [0.4, 0.5) is 17.1 Å². The third-order valence-electron chi connectivity index (χ3n) is 7.87. The van der Waals surface area contributed by atoms with Crippen LogP contribution in [0.15, 0.2) is 188 Å². The first-order valence-corrected chi connectivity index (χ1v) is 14.7. The third kappa shape index (κ3) is 5.62. The van der Waals surface area contributed by atoms with E-state index >= 15 is 0 Å². The van der Waals surface area contributed by atoms with Gasteiger partial charge in [-0.05, 0) is 69.3 Å². The van der Waals surface area contributed by atoms with Crippen molar-refractivity contribution in [2.45, 2.75) is 0 Å². The van der Waals surface area contributed by atoms with Gasteiger partial charge in [0, 0.05) is 16.9 Å². The van der Waals surface area contributed by atoms with Crippen LogP contribution in [-0.2, 0) is 0 Å². The molecule has 0 spiro atoms. The van der Waals surface area contributed by atoms with Crippen molar-refractivity contribution in [2.24, 2.45) is 0 Å². The van der Waals surface area contributed by atoms with E-state index in [1.807, 2.05) is 0 Å². The van der Waals surface area contributed by atoms with Crippen LogP contribution in [0, 0.1) is 0 Å². The number of anilines is 3. The Hall–Kier alpha value is -5.66. The van der Waals surface area contributed by atoms with E-state index in [1.165, 1.54) is 44.5 Å². The molecule has 0 saturated heterocycles. The molecule has 7 aromatic rings. The molecule has 0 saturated carbocycles. The SMILES string of the molecule is c1ccc(-c2ccc(N(c3cccc(-c4ccccc4)c3)c3cc(-c4ccccc4)ccc3-c3ccccc3)cc2)cc1. The normalized spacial score (nSPS) is 10.8. The van der Waals surface area contributed by atoms with Crippen molar-refractivity contribution < 1.29 is 0 Å². The number of hydrogen-bond acceptors (Lipinski definition) is 1. The molecule has 0 bridgehead atoms. The Labute approximate surface area is 254 Å². The van der Waals surface area contributed by atoms with Gasteiger partial charge in [-0.3, -0.25) is 0 Å². The summed E-state index contributed by atoms with van der Waals surface area (Å²) in [4.78, 5) is 2.40. The molecule has 43 heavy (non-hydrogen) atoms. The van der Waals surface area contributed by atoms with E-state index in [-0.39, 0.29) is 0 Å². The van der Waals surface area contributed by atoms with Crippen molar-refractivity contribution in [3.8, 4) is 44.5 Å². The maximum Gasteiger partial charge on any atom is 0.0546 e. The molecule has 0 aliphatic carbocycles. The topological polar surface area (TPSA) is 3.24 Å². The van der Waals surface area contributed by atoms with E-state index in [1.54, 1.807) is 0 Å². The van der Waals surface area contributed by atoms with Gasteiger partial charge in [-0.15, -0.1) is 0 Å². The second-order valence-electron chi connectivity index (χ2n) is 10.6. The van der Waals surface area contributed by atoms with Crippen LogP contribution in [0.3, 0.4) is 0 Å². The molecule has 0 aliphatic rings. The molecule has 0 amide bonds. The molecule has 0 radical (unpaired) electrons. The molecule has 204 valence electrons. The first-order chi connectivity index (χ1) is 21.3. The lowest BCUT2D eigenvalue weighted by atomic mass is 9.96. The summed E-state index contributed by atoms with van der Waals surface area (Å²) < 4.78 is 0. The second kappa shape index (κ2) is 12.1. The summed E-state index contributed by atoms with van der Waals surface area (Å²) in [5, 5.41) is 0. The van der Waals surface area contributed by atoms with Gasteiger partial charge in [0.05, 0.1) is 5.69 Å². The molecular weight excluding hydrogens is 518 g/mol. The molecule has 7 rings (SSSR count). The average Bonchev–Trinajstić information content (AvgIpc) is 3.10. The van der Waals surface area contributed by atoms with Gasteiger partial charge in [0.15, 0.2) is 0 Å². The van der Waals surface area contributed by atoms with Gasteiger partial charge in [0.2, 0.25) is 0 Å². The van der Waals surface area contributed by atoms with Gasteiger partial charge in [0.1, 0.15) is 0 Å². The van der Waals surface area contributed by atoms with Gasteiger partial charge in [-0.25, -0.2) is 0 Å². The van der Waals surface area contributed by atoms with Crippen molar-refractivity contribution in [3.63, 3.8) is 0 Å². The minimum absolute atomic E-state index is 1.10. The largest absolute Gasteiger partial charge is 0.310 e. The number of nitrogens with zero attached hydrogens (tertiary/aromatic N) is 1. The molecule has 0 aliphatic heterocycles. The van der Waals surface area contributed by atoms with E-state index in [2.05, 4.69) is 193 Å². The standard InChI is InChI=1S/C42H31N/c1-5-14-32(15-6-1)35-24-27-39(28-25-35)43(40-23-13-22-37(30-40)33-16-7-2-8-17-33)42-31-38(34-18-9-3-10-19-34)26-29-41(42)36-20-11-4-12-21-36/h1-31H. The van der Waals surface area contributed by atoms with Gasteiger partial charge < -0.3 is 4.90 Å². The Morgan fingerprint density at radius 1 is 0.256 bits per heavy atom. The Morgan fingerprint density at radius 3 is 1.23 bits per heavy atom. The molecule has 0 fully saturated rings. The monoisotopic (exact) mass is 549 g/mol. The van der Waals surface area contributed by atoms with E-state index < -0.39 is 0 Å². The first kappa shape index (κ1) is 26.3. The molecule has 0 unspecified atom stereocenters. The summed E-state index contributed by atoms with van der Waals surface area (Å²) in [5.74, 6) is 0. The zero-order chi connectivity index (χ0) is 28.8. The van der Waals surface area contributed by atoms with Crippen molar-refractivity contribution in [1.29, 1.82) is 0 Å². The van der Waals surface area contributed by atoms with Gasteiger partial charge in [-0.2, -0.15) is 0 Å². The predicted octanol–water partition coefficient (Wildman–Crippen LogP) is 11.8. The lowest BCUT2D eigenvalue weighted by molar-refractivity contribution is 1.28. The van der Waals surface area contributed by atoms with Crippen molar-refractivity contribution in [1.82, 2.24) is 0 Å². The van der Waals surface area contributed by atoms with Gasteiger partial charge >= 0.3 is 0 Å². The Balaban J connectivity index is 1.45. The molecule has 1 nitrogen and oxygen atoms in total. The molecule has 0 N–H and O–H groups in total. The van der Waals surface area contributed by atoms with Crippen LogP contribution >= 0.6 is 0 Å². The minimum atomic E-state index is 1.10. The fraction of sp³-hybridized carbons (Fsp3) is 0. The molecule has 7 aromatic carbocycles. The van der Waals surface area contributed by atoms with Crippen molar-refractivity contribution in [3.05, 3.63) is 188 Å². The second-order valence-corrected chi connectivity index (χ2v) is 10.6. The van der Waals surface area contributed by atoms with Crippen LogP contribution in [0.5, 0.6) is 0 Å². The first-order valence-electron chi connectivity index (χ1n) is 14.7. The Bertz CT molecular complexity index is 1930. The van der Waals surface area contributed by atoms with Gasteiger partial charge in [0.25, 0.3) is 0 Å². The van der Waals surface area contributed by atoms with Crippen LogP contribution in [0.25, 0.3) is 44.5 Å². The van der Waals surface area contributed by atoms with E-state index in [0.29, 0.717) is 0 Å². The third-order valence-corrected chi connectivity index (χ3v) is 7.87. The zero-order valence-corrected chi connectivity index (χ0v) is 23.8. The number of benzene rings is 7. The van der Waals surface area contributed by atoms with Crippen molar-refractivity contribution in [2.75, 3.05) is 4.90 Å². The maximum absolute atomic E-state index is 2.40. The summed E-state index contributed by atoms with van der Waals surface area (Å²) in [7, 11) is 0. The predicted molar refractivity (Wildman–Crippen MR) is 183 cm³/mol. The highest BCUT2D eigenvalue weighted by Crippen LogP contribution is 2.44. The highest BCUT2D eigenvalue weighted by molar-refractivity contribution is 5.92. The fourth-order valence-electron chi connectivity index (χ4n) is 5.70. The Morgan fingerprint density at radius 2 is 0.674 bits per heavy atom. The lowest BCUT2D eigenvalue weighted by Crippen LogP contribution is -2.11. The van der Waals surface area contributed by atoms with Crippen LogP contribution in [0.1, 0.15) is 0 Å². The number of rotatable bonds is 7. The fourth-order valence-corrected chi connectivity index (χ4v) is 5.70. The Kier molecular flexibility index (Phi) is 7.36. The summed E-state index contributed by atoms with van der Waals surface area (Å²) >= 11 is 0. The van der Waals surface area contributed by atoms with E-state index in [0.717, 1.165) is 17.1 Å². The summed E-state index contributed by atoms with van der Waals surface area (Å²) in [6.07, 6.45) is 0. The molecule has 0 atom stereocenters. The highest BCUT2D eigenvalue weighted by atomic mass is 15.1. The molecular formula is C42H31N. The quantitative estimate of drug-likeness (QED) is 0.191. The molecule has 0 aromatic heterocycles. The zero-order valence-electron chi connectivity index (χ0n) is 23.8. The average molecular weight is 550 g/mol. The van der Waals surface area contributed by atoms with Crippen LogP contribution in [0.2, 0.25) is 0 Å². The minimum Gasteiger partial charge on any atom is -0.310 e. The van der Waals surface area contributed by atoms with Crippen LogP contribution in [-0.4, -0.2) is 0 Å². The molecule has 0 heterocycles. The van der Waals surface area contributed by atoms with E-state index in [9.17, 15) is 0 Å². The van der Waals surface area contributed by atoms with Crippen LogP contribution < -0.4 is 4.90 Å². The number of hydrogen-bond donors (Lipinski definition) is 0. The highest BCUT2D eigenvalue weighted by Gasteiger charge is 2.19. The summed E-state index contributed by atoms with van der Waals surface area (Å²) in [6.45, 7) is 0. The lowest BCUT2D eigenvalue weighted by Gasteiger charge is -2.29. The smallest absolute Gasteiger partial charge is 0.0546 e. The van der Waals surface area contributed by atoms with Crippen molar-refractivity contribution >= 4 is 17.1 Å². The summed E-state index contributed by atoms with van der Waals surface area (Å²) in [6, 6.07) is 67.1. The maximum atomic E-state index is 2.40. The molecule has 1 heteroatoms. The van der Waals surface area contributed by atoms with Gasteiger partial charge in [-0.1, -0.05) is 158 Å². The van der Waals surface area contributed by atoms with E-state index in [4.69, 9.17) is 0 Å². The summed E-state index contributed by atoms with van der Waals surface area (Å²) in [5.41, 5.74) is 12.9.